The van der Waals surface area contributed by atoms with Gasteiger partial charge in [0.25, 0.3) is 5.69 Å². The second kappa shape index (κ2) is 5.51. The first-order valence-electron chi connectivity index (χ1n) is 6.49. The number of halogens is 1. The predicted octanol–water partition coefficient (Wildman–Crippen LogP) is 3.30. The van der Waals surface area contributed by atoms with Crippen molar-refractivity contribution >= 4 is 11.4 Å². The maximum Gasteiger partial charge on any atom is 0.295 e. The van der Waals surface area contributed by atoms with Crippen LogP contribution < -0.4 is 5.32 Å². The molecule has 0 unspecified atom stereocenters. The fourth-order valence-corrected chi connectivity index (χ4v) is 1.82. The molecule has 2 aromatic rings. The van der Waals surface area contributed by atoms with Gasteiger partial charge in [0, 0.05) is 18.3 Å². The molecule has 0 saturated heterocycles. The van der Waals surface area contributed by atoms with E-state index in [1.54, 1.807) is 6.20 Å². The van der Waals surface area contributed by atoms with E-state index in [9.17, 15) is 14.5 Å². The summed E-state index contributed by atoms with van der Waals surface area (Å²) in [4.78, 5) is 10.3. The van der Waals surface area contributed by atoms with E-state index in [-0.39, 0.29) is 16.9 Å². The van der Waals surface area contributed by atoms with Crippen molar-refractivity contribution in [3.05, 3.63) is 52.1 Å². The Hall–Kier alpha value is -2.44. The van der Waals surface area contributed by atoms with E-state index in [0.717, 1.165) is 11.6 Å². The smallest absolute Gasteiger partial charge is 0.295 e. The number of nitro groups is 1. The van der Waals surface area contributed by atoms with Crippen LogP contribution in [0.1, 0.15) is 26.3 Å². The molecular formula is C14H17FN4O2. The monoisotopic (exact) mass is 292 g/mol. The van der Waals surface area contributed by atoms with E-state index in [0.29, 0.717) is 6.54 Å². The van der Waals surface area contributed by atoms with Crippen LogP contribution in [0.4, 0.5) is 15.8 Å². The molecule has 0 radical (unpaired) electrons. The van der Waals surface area contributed by atoms with Crippen LogP contribution in [-0.4, -0.2) is 14.7 Å². The maximum atomic E-state index is 13.1. The summed E-state index contributed by atoms with van der Waals surface area (Å²) < 4.78 is 14.9. The fourth-order valence-electron chi connectivity index (χ4n) is 1.82. The summed E-state index contributed by atoms with van der Waals surface area (Å²) >= 11 is 0. The van der Waals surface area contributed by atoms with Crippen molar-refractivity contribution in [2.24, 2.45) is 0 Å². The van der Waals surface area contributed by atoms with Gasteiger partial charge in [-0.2, -0.15) is 5.10 Å². The Morgan fingerprint density at radius 2 is 2.14 bits per heavy atom. The normalized spacial score (nSPS) is 11.4. The largest absolute Gasteiger partial charge is 0.375 e. The number of hydrogen-bond donors (Lipinski definition) is 1. The molecule has 0 aliphatic rings. The number of aromatic nitrogens is 2. The Balaban J connectivity index is 2.13. The highest BCUT2D eigenvalue weighted by Crippen LogP contribution is 2.25. The Bertz CT molecular complexity index is 661. The maximum absolute atomic E-state index is 13.1. The van der Waals surface area contributed by atoms with Gasteiger partial charge in [0.1, 0.15) is 11.5 Å². The molecule has 7 heteroatoms. The van der Waals surface area contributed by atoms with Gasteiger partial charge in [-0.1, -0.05) is 0 Å². The number of hydrogen-bond acceptors (Lipinski definition) is 4. The van der Waals surface area contributed by atoms with E-state index in [4.69, 9.17) is 0 Å². The summed E-state index contributed by atoms with van der Waals surface area (Å²) in [5, 5.41) is 18.1. The standard InChI is InChI=1S/C14H17FN4O2/c1-14(2,3)18-9-10(8-17-18)7-16-12-5-4-11(15)6-13(12)19(20)21/h4-6,8-9,16H,7H2,1-3H3. The average Bonchev–Trinajstić information content (AvgIpc) is 2.85. The number of benzene rings is 1. The average molecular weight is 292 g/mol. The van der Waals surface area contributed by atoms with Crippen LogP contribution in [0.15, 0.2) is 30.6 Å². The lowest BCUT2D eigenvalue weighted by Crippen LogP contribution is -2.21. The summed E-state index contributed by atoms with van der Waals surface area (Å²) in [6.07, 6.45) is 3.58. The molecule has 112 valence electrons. The van der Waals surface area contributed by atoms with Gasteiger partial charge in [0.15, 0.2) is 0 Å². The van der Waals surface area contributed by atoms with Crippen molar-refractivity contribution in [3.8, 4) is 0 Å². The number of nitrogens with zero attached hydrogens (tertiary/aromatic N) is 3. The van der Waals surface area contributed by atoms with Gasteiger partial charge in [0.2, 0.25) is 0 Å². The molecule has 0 aliphatic carbocycles. The highest BCUT2D eigenvalue weighted by molar-refractivity contribution is 5.61. The molecular weight excluding hydrogens is 275 g/mol. The molecule has 1 heterocycles. The molecule has 0 saturated carbocycles. The van der Waals surface area contributed by atoms with Crippen LogP contribution in [-0.2, 0) is 12.1 Å². The number of nitrogens with one attached hydrogen (secondary N) is 1. The second-order valence-corrected chi connectivity index (χ2v) is 5.74. The molecule has 0 atom stereocenters. The van der Waals surface area contributed by atoms with Crippen molar-refractivity contribution in [1.29, 1.82) is 0 Å². The zero-order valence-electron chi connectivity index (χ0n) is 12.1. The Kier molecular flexibility index (Phi) is 3.93. The van der Waals surface area contributed by atoms with Gasteiger partial charge in [-0.15, -0.1) is 0 Å². The van der Waals surface area contributed by atoms with Gasteiger partial charge in [0.05, 0.1) is 22.7 Å². The zero-order chi connectivity index (χ0) is 15.6. The number of rotatable bonds is 4. The van der Waals surface area contributed by atoms with Gasteiger partial charge >= 0.3 is 0 Å². The quantitative estimate of drug-likeness (QED) is 0.693. The molecule has 0 fully saturated rings. The van der Waals surface area contributed by atoms with Crippen molar-refractivity contribution in [2.75, 3.05) is 5.32 Å². The van der Waals surface area contributed by atoms with Gasteiger partial charge in [-0.3, -0.25) is 14.8 Å². The van der Waals surface area contributed by atoms with Gasteiger partial charge in [-0.05, 0) is 32.9 Å². The van der Waals surface area contributed by atoms with E-state index >= 15 is 0 Å². The Morgan fingerprint density at radius 1 is 1.43 bits per heavy atom. The minimum absolute atomic E-state index is 0.125. The van der Waals surface area contributed by atoms with E-state index in [1.165, 1.54) is 12.1 Å². The molecule has 0 bridgehead atoms. The Labute approximate surface area is 121 Å². The molecule has 6 nitrogen and oxygen atoms in total. The minimum Gasteiger partial charge on any atom is -0.375 e. The summed E-state index contributed by atoms with van der Waals surface area (Å²) in [6.45, 7) is 6.47. The van der Waals surface area contributed by atoms with E-state index in [1.807, 2.05) is 31.6 Å². The summed E-state index contributed by atoms with van der Waals surface area (Å²) in [7, 11) is 0. The summed E-state index contributed by atoms with van der Waals surface area (Å²) in [6, 6.07) is 3.45. The topological polar surface area (TPSA) is 73.0 Å². The third-order valence-corrected chi connectivity index (χ3v) is 2.96. The minimum atomic E-state index is -0.632. The highest BCUT2D eigenvalue weighted by Gasteiger charge is 2.16. The van der Waals surface area contributed by atoms with Crippen LogP contribution in [0, 0.1) is 15.9 Å². The van der Waals surface area contributed by atoms with Crippen LogP contribution in [0.3, 0.4) is 0 Å². The fraction of sp³-hybridized carbons (Fsp3) is 0.357. The molecule has 1 aromatic heterocycles. The first-order valence-corrected chi connectivity index (χ1v) is 6.49. The van der Waals surface area contributed by atoms with Crippen LogP contribution in [0.25, 0.3) is 0 Å². The molecule has 0 aliphatic heterocycles. The first-order chi connectivity index (χ1) is 9.77. The summed E-state index contributed by atoms with van der Waals surface area (Å²) in [5.74, 6) is -0.632. The zero-order valence-corrected chi connectivity index (χ0v) is 12.1. The van der Waals surface area contributed by atoms with Crippen LogP contribution in [0.5, 0.6) is 0 Å². The lowest BCUT2D eigenvalue weighted by Gasteiger charge is -2.18. The third kappa shape index (κ3) is 3.56. The van der Waals surface area contributed by atoms with E-state index in [2.05, 4.69) is 10.4 Å². The second-order valence-electron chi connectivity index (χ2n) is 5.74. The Morgan fingerprint density at radius 3 is 2.71 bits per heavy atom. The first kappa shape index (κ1) is 15.0. The molecule has 2 rings (SSSR count). The number of nitro benzene ring substituents is 1. The third-order valence-electron chi connectivity index (χ3n) is 2.96. The molecule has 21 heavy (non-hydrogen) atoms. The molecule has 0 spiro atoms. The van der Waals surface area contributed by atoms with Crippen molar-refractivity contribution in [2.45, 2.75) is 32.9 Å². The van der Waals surface area contributed by atoms with Crippen LogP contribution in [0.2, 0.25) is 0 Å². The van der Waals surface area contributed by atoms with Crippen molar-refractivity contribution < 1.29 is 9.31 Å². The molecule has 0 amide bonds. The van der Waals surface area contributed by atoms with Gasteiger partial charge < -0.3 is 5.32 Å². The van der Waals surface area contributed by atoms with Gasteiger partial charge in [-0.25, -0.2) is 4.39 Å². The predicted molar refractivity (Wildman–Crippen MR) is 77.6 cm³/mol. The molecule has 1 aromatic carbocycles. The SMILES string of the molecule is CC(C)(C)n1cc(CNc2ccc(F)cc2[N+](=O)[O-])cn1. The highest BCUT2D eigenvalue weighted by atomic mass is 19.1. The van der Waals surface area contributed by atoms with Crippen LogP contribution >= 0.6 is 0 Å². The van der Waals surface area contributed by atoms with Crippen molar-refractivity contribution in [3.63, 3.8) is 0 Å². The van der Waals surface area contributed by atoms with Crippen molar-refractivity contribution in [1.82, 2.24) is 9.78 Å². The molecule has 1 N–H and O–H groups in total. The summed E-state index contributed by atoms with van der Waals surface area (Å²) in [5.41, 5.74) is 0.770. The lowest BCUT2D eigenvalue weighted by atomic mass is 10.1. The number of anilines is 1. The van der Waals surface area contributed by atoms with E-state index < -0.39 is 10.7 Å². The lowest BCUT2D eigenvalue weighted by molar-refractivity contribution is -0.384.